The monoisotopic (exact) mass is 474 g/mol. The molecule has 5 saturated carbocycles. The lowest BCUT2D eigenvalue weighted by atomic mass is 9.41. The van der Waals surface area contributed by atoms with Crippen LogP contribution in [0.25, 0.3) is 0 Å². The number of aliphatic hydroxyl groups excluding tert-OH is 3. The second-order valence-corrected chi connectivity index (χ2v) is 15.0. The van der Waals surface area contributed by atoms with Gasteiger partial charge in [0.1, 0.15) is 6.10 Å². The molecular weight excluding hydrogens is 424 g/mol. The molecule has 0 unspecified atom stereocenters. The van der Waals surface area contributed by atoms with Crippen molar-refractivity contribution in [1.29, 1.82) is 0 Å². The van der Waals surface area contributed by atoms with Gasteiger partial charge in [-0.1, -0.05) is 46.8 Å². The smallest absolute Gasteiger partial charge is 0.107 e. The lowest BCUT2D eigenvalue weighted by Gasteiger charge is -2.64. The SMILES string of the molecule is C[C@H](C/C=C/C(C)(C)O)[C@H]1CC[C@@]2(C)[C@@H]3CC[C@H]4C(C)(C)[C@@H](O)[C@H](O)[C@H](O)[C@@]45C[C@@]35CC[C@]12C. The predicted octanol–water partition coefficient (Wildman–Crippen LogP) is 5.08. The summed E-state index contributed by atoms with van der Waals surface area (Å²) in [5, 5.41) is 43.3. The zero-order valence-corrected chi connectivity index (χ0v) is 22.6. The van der Waals surface area contributed by atoms with E-state index in [2.05, 4.69) is 40.7 Å². The first-order chi connectivity index (χ1) is 15.6. The molecule has 5 fully saturated rings. The Morgan fingerprint density at radius 1 is 0.882 bits per heavy atom. The van der Waals surface area contributed by atoms with E-state index in [9.17, 15) is 20.4 Å². The maximum Gasteiger partial charge on any atom is 0.107 e. The molecule has 194 valence electrons. The molecule has 0 aromatic rings. The molecule has 4 heteroatoms. The first-order valence-corrected chi connectivity index (χ1v) is 14.0. The van der Waals surface area contributed by atoms with Crippen LogP contribution in [0.15, 0.2) is 12.2 Å². The highest BCUT2D eigenvalue weighted by Crippen LogP contribution is 2.89. The van der Waals surface area contributed by atoms with E-state index in [4.69, 9.17) is 0 Å². The van der Waals surface area contributed by atoms with Crippen molar-refractivity contribution in [2.45, 2.75) is 124 Å². The van der Waals surface area contributed by atoms with E-state index >= 15 is 0 Å². The zero-order chi connectivity index (χ0) is 25.1. The van der Waals surface area contributed by atoms with Crippen molar-refractivity contribution in [3.05, 3.63) is 12.2 Å². The van der Waals surface area contributed by atoms with Gasteiger partial charge < -0.3 is 20.4 Å². The van der Waals surface area contributed by atoms with Crippen molar-refractivity contribution in [3.63, 3.8) is 0 Å². The molecule has 34 heavy (non-hydrogen) atoms. The Hall–Kier alpha value is -0.420. The van der Waals surface area contributed by atoms with E-state index in [1.807, 2.05) is 19.9 Å². The van der Waals surface area contributed by atoms with Gasteiger partial charge in [-0.2, -0.15) is 0 Å². The van der Waals surface area contributed by atoms with Crippen LogP contribution in [0.3, 0.4) is 0 Å². The molecule has 4 N–H and O–H groups in total. The Kier molecular flexibility index (Phi) is 5.44. The highest BCUT2D eigenvalue weighted by Gasteiger charge is 2.85. The molecule has 0 aliphatic heterocycles. The average molecular weight is 475 g/mol. The Morgan fingerprint density at radius 3 is 2.18 bits per heavy atom. The lowest BCUT2D eigenvalue weighted by molar-refractivity contribution is -0.236. The van der Waals surface area contributed by atoms with Crippen LogP contribution in [-0.4, -0.2) is 44.3 Å². The van der Waals surface area contributed by atoms with Gasteiger partial charge in [0.15, 0.2) is 0 Å². The summed E-state index contributed by atoms with van der Waals surface area (Å²) in [6.45, 7) is 15.4. The molecule has 0 heterocycles. The minimum Gasteiger partial charge on any atom is -0.390 e. The number of hydrogen-bond acceptors (Lipinski definition) is 4. The van der Waals surface area contributed by atoms with Crippen LogP contribution < -0.4 is 0 Å². The fourth-order valence-electron chi connectivity index (χ4n) is 11.1. The molecular formula is C30H50O4. The third-order valence-corrected chi connectivity index (χ3v) is 13.0. The third kappa shape index (κ3) is 2.92. The predicted molar refractivity (Wildman–Crippen MR) is 135 cm³/mol. The Bertz CT molecular complexity index is 858. The van der Waals surface area contributed by atoms with Crippen LogP contribution in [0.1, 0.15) is 99.8 Å². The highest BCUT2D eigenvalue weighted by molar-refractivity contribution is 5.33. The van der Waals surface area contributed by atoms with E-state index < -0.39 is 23.9 Å². The molecule has 5 aliphatic carbocycles. The van der Waals surface area contributed by atoms with Gasteiger partial charge >= 0.3 is 0 Å². The van der Waals surface area contributed by atoms with Crippen LogP contribution in [0, 0.1) is 50.7 Å². The zero-order valence-electron chi connectivity index (χ0n) is 22.6. The number of rotatable bonds is 4. The summed E-state index contributed by atoms with van der Waals surface area (Å²) in [5.41, 5.74) is -0.675. The minimum atomic E-state index is -1.04. The fraction of sp³-hybridized carbons (Fsp3) is 0.933. The van der Waals surface area contributed by atoms with Crippen molar-refractivity contribution in [2.75, 3.05) is 0 Å². The van der Waals surface area contributed by atoms with E-state index in [1.165, 1.54) is 25.7 Å². The van der Waals surface area contributed by atoms with Gasteiger partial charge in [0.05, 0.1) is 17.8 Å². The summed E-state index contributed by atoms with van der Waals surface area (Å²) >= 11 is 0. The van der Waals surface area contributed by atoms with Gasteiger partial charge in [-0.3, -0.25) is 0 Å². The molecule has 4 nitrogen and oxygen atoms in total. The summed E-state index contributed by atoms with van der Waals surface area (Å²) in [5.74, 6) is 2.13. The molecule has 0 aromatic carbocycles. The van der Waals surface area contributed by atoms with Gasteiger partial charge in [-0.05, 0) is 111 Å². The Morgan fingerprint density at radius 2 is 1.53 bits per heavy atom. The topological polar surface area (TPSA) is 80.9 Å². The van der Waals surface area contributed by atoms with Crippen molar-refractivity contribution < 1.29 is 20.4 Å². The first kappa shape index (κ1) is 25.2. The van der Waals surface area contributed by atoms with Gasteiger partial charge in [0.25, 0.3) is 0 Å². The third-order valence-electron chi connectivity index (χ3n) is 13.0. The van der Waals surface area contributed by atoms with Gasteiger partial charge in [0.2, 0.25) is 0 Å². The maximum absolute atomic E-state index is 11.5. The molecule has 0 amide bonds. The normalized spacial score (nSPS) is 54.7. The molecule has 2 spiro atoms. The van der Waals surface area contributed by atoms with Crippen LogP contribution >= 0.6 is 0 Å². The van der Waals surface area contributed by atoms with Crippen LogP contribution in [0.4, 0.5) is 0 Å². The lowest BCUT2D eigenvalue weighted by Crippen LogP contribution is -2.65. The summed E-state index contributed by atoms with van der Waals surface area (Å²) in [6, 6.07) is 0. The molecule has 0 radical (unpaired) electrons. The maximum atomic E-state index is 11.5. The number of fused-ring (bicyclic) bond motifs is 2. The van der Waals surface area contributed by atoms with E-state index in [1.54, 1.807) is 0 Å². The summed E-state index contributed by atoms with van der Waals surface area (Å²) in [7, 11) is 0. The van der Waals surface area contributed by atoms with Crippen LogP contribution in [0.2, 0.25) is 0 Å². The first-order valence-electron chi connectivity index (χ1n) is 14.0. The van der Waals surface area contributed by atoms with Crippen LogP contribution in [-0.2, 0) is 0 Å². The second kappa shape index (κ2) is 7.33. The standard InChI is InChI=1S/C30H50O4/c1-18(9-8-13-25(2,3)34)19-12-14-28(7)21-11-10-20-26(4,5)23(32)22(31)24(33)30(20)17-29(21,30)16-15-27(19,28)6/h8,13,18-24,31-34H,9-12,14-17H2,1-7H3/b13-8+/t18-,19-,20+,21+,22+,23+,24+,27-,28+,29+,30-/m1/s1. The molecule has 0 saturated heterocycles. The largest absolute Gasteiger partial charge is 0.390 e. The van der Waals surface area contributed by atoms with E-state index in [-0.39, 0.29) is 33.0 Å². The van der Waals surface area contributed by atoms with Crippen molar-refractivity contribution in [1.82, 2.24) is 0 Å². The van der Waals surface area contributed by atoms with Crippen molar-refractivity contribution >= 4 is 0 Å². The van der Waals surface area contributed by atoms with Gasteiger partial charge in [-0.15, -0.1) is 0 Å². The molecule has 5 rings (SSSR count). The fourth-order valence-corrected chi connectivity index (χ4v) is 11.1. The molecule has 5 aliphatic rings. The molecule has 0 aromatic heterocycles. The molecule has 0 bridgehead atoms. The van der Waals surface area contributed by atoms with E-state index in [0.717, 1.165) is 25.7 Å². The molecule has 11 atom stereocenters. The van der Waals surface area contributed by atoms with Crippen LogP contribution in [0.5, 0.6) is 0 Å². The van der Waals surface area contributed by atoms with Gasteiger partial charge in [-0.25, -0.2) is 0 Å². The minimum absolute atomic E-state index is 0.126. The Labute approximate surface area is 207 Å². The van der Waals surface area contributed by atoms with Crippen molar-refractivity contribution in [2.24, 2.45) is 50.7 Å². The highest BCUT2D eigenvalue weighted by atomic mass is 16.4. The van der Waals surface area contributed by atoms with E-state index in [0.29, 0.717) is 17.8 Å². The quantitative estimate of drug-likeness (QED) is 0.428. The Balaban J connectivity index is 1.44. The summed E-state index contributed by atoms with van der Waals surface area (Å²) in [6.07, 6.45) is 10.6. The summed E-state index contributed by atoms with van der Waals surface area (Å²) < 4.78 is 0. The summed E-state index contributed by atoms with van der Waals surface area (Å²) in [4.78, 5) is 0. The number of allylic oxidation sites excluding steroid dienone is 1. The van der Waals surface area contributed by atoms with Gasteiger partial charge in [0, 0.05) is 5.41 Å². The number of aliphatic hydroxyl groups is 4. The van der Waals surface area contributed by atoms with Crippen molar-refractivity contribution in [3.8, 4) is 0 Å². The average Bonchev–Trinajstić information content (AvgIpc) is 3.35. The second-order valence-electron chi connectivity index (χ2n) is 15.0. The number of hydrogen-bond donors (Lipinski definition) is 4.